The minimum absolute atomic E-state index is 0.135. The van der Waals surface area contributed by atoms with Crippen LogP contribution in [0.1, 0.15) is 15.9 Å². The van der Waals surface area contributed by atoms with Crippen LogP contribution >= 0.6 is 0 Å². The predicted octanol–water partition coefficient (Wildman–Crippen LogP) is 2.77. The lowest BCUT2D eigenvalue weighted by molar-refractivity contribution is -0.394. The number of carbonyl (C=O) groups excluding carboxylic acids is 1. The summed E-state index contributed by atoms with van der Waals surface area (Å²) in [7, 11) is 0. The van der Waals surface area contributed by atoms with E-state index in [4.69, 9.17) is 4.74 Å². The summed E-state index contributed by atoms with van der Waals surface area (Å²) in [4.78, 5) is 41.8. The zero-order chi connectivity index (χ0) is 18.6. The number of ether oxygens (including phenoxy) is 1. The number of non-ortho nitro benzene ring substituents is 3. The van der Waals surface area contributed by atoms with Gasteiger partial charge in [0.05, 0.1) is 26.4 Å². The molecule has 0 aliphatic rings. The van der Waals surface area contributed by atoms with E-state index in [1.807, 2.05) is 0 Å². The fourth-order valence-corrected chi connectivity index (χ4v) is 1.87. The molecular formula is C14H9N3O8. The van der Waals surface area contributed by atoms with Crippen molar-refractivity contribution in [2.75, 3.05) is 0 Å². The fourth-order valence-electron chi connectivity index (χ4n) is 1.87. The molecule has 0 saturated heterocycles. The molecule has 0 aromatic heterocycles. The highest BCUT2D eigenvalue weighted by molar-refractivity contribution is 5.91. The number of nitro groups is 3. The van der Waals surface area contributed by atoms with E-state index in [2.05, 4.69) is 0 Å². The van der Waals surface area contributed by atoms with Gasteiger partial charge in [-0.25, -0.2) is 4.79 Å². The molecule has 0 saturated carbocycles. The highest BCUT2D eigenvalue weighted by atomic mass is 16.6. The third-order valence-electron chi connectivity index (χ3n) is 3.08. The molecule has 0 heterocycles. The first-order valence-corrected chi connectivity index (χ1v) is 6.62. The largest absolute Gasteiger partial charge is 0.457 e. The van der Waals surface area contributed by atoms with Crippen molar-refractivity contribution >= 4 is 23.0 Å². The normalized spacial score (nSPS) is 10.1. The Labute approximate surface area is 138 Å². The van der Waals surface area contributed by atoms with Gasteiger partial charge < -0.3 is 4.74 Å². The van der Waals surface area contributed by atoms with Crippen LogP contribution in [-0.2, 0) is 11.3 Å². The van der Waals surface area contributed by atoms with Crippen molar-refractivity contribution in [1.29, 1.82) is 0 Å². The van der Waals surface area contributed by atoms with E-state index in [0.29, 0.717) is 5.56 Å². The number of hydrogen-bond acceptors (Lipinski definition) is 8. The Morgan fingerprint density at radius 1 is 0.800 bits per heavy atom. The average molecular weight is 347 g/mol. The molecule has 2 aromatic rings. The molecule has 0 spiro atoms. The SMILES string of the molecule is O=C(OCc1ccc([N+](=O)[O-])cc1)c1cc([N+](=O)[O-])cc([N+](=O)[O-])c1. The van der Waals surface area contributed by atoms with Crippen LogP contribution < -0.4 is 0 Å². The van der Waals surface area contributed by atoms with Gasteiger partial charge in [0.1, 0.15) is 6.61 Å². The minimum Gasteiger partial charge on any atom is -0.457 e. The third kappa shape index (κ3) is 4.31. The molecule has 2 aromatic carbocycles. The van der Waals surface area contributed by atoms with E-state index in [-0.39, 0.29) is 17.9 Å². The molecule has 0 atom stereocenters. The van der Waals surface area contributed by atoms with Gasteiger partial charge in [-0.2, -0.15) is 0 Å². The monoisotopic (exact) mass is 347 g/mol. The maximum Gasteiger partial charge on any atom is 0.338 e. The van der Waals surface area contributed by atoms with Crippen LogP contribution in [0.15, 0.2) is 42.5 Å². The summed E-state index contributed by atoms with van der Waals surface area (Å²) < 4.78 is 4.93. The van der Waals surface area contributed by atoms with Gasteiger partial charge in [0, 0.05) is 24.3 Å². The van der Waals surface area contributed by atoms with Crippen molar-refractivity contribution in [2.45, 2.75) is 6.61 Å². The number of rotatable bonds is 6. The van der Waals surface area contributed by atoms with Crippen molar-refractivity contribution in [3.63, 3.8) is 0 Å². The highest BCUT2D eigenvalue weighted by Crippen LogP contribution is 2.23. The molecule has 2 rings (SSSR count). The van der Waals surface area contributed by atoms with Gasteiger partial charge in [-0.05, 0) is 17.7 Å². The molecule has 0 bridgehead atoms. The summed E-state index contributed by atoms with van der Waals surface area (Å²) in [5.41, 5.74) is -1.26. The maximum atomic E-state index is 12.0. The van der Waals surface area contributed by atoms with E-state index in [0.717, 1.165) is 18.2 Å². The van der Waals surface area contributed by atoms with Crippen LogP contribution in [0.3, 0.4) is 0 Å². The van der Waals surface area contributed by atoms with Crippen LogP contribution in [0.25, 0.3) is 0 Å². The Bertz CT molecular complexity index is 831. The first kappa shape index (κ1) is 17.5. The molecule has 0 fully saturated rings. The van der Waals surface area contributed by atoms with Crippen molar-refractivity contribution in [2.24, 2.45) is 0 Å². The number of hydrogen-bond donors (Lipinski definition) is 0. The molecule has 0 aliphatic carbocycles. The van der Waals surface area contributed by atoms with E-state index in [1.165, 1.54) is 24.3 Å². The Hall–Kier alpha value is -3.89. The van der Waals surface area contributed by atoms with E-state index in [1.54, 1.807) is 0 Å². The highest BCUT2D eigenvalue weighted by Gasteiger charge is 2.20. The Morgan fingerprint density at radius 3 is 1.72 bits per heavy atom. The summed E-state index contributed by atoms with van der Waals surface area (Å²) in [5.74, 6) is -0.995. The first-order valence-electron chi connectivity index (χ1n) is 6.62. The van der Waals surface area contributed by atoms with Crippen LogP contribution in [0.4, 0.5) is 17.1 Å². The van der Waals surface area contributed by atoms with Crippen molar-refractivity contribution in [3.05, 3.63) is 83.9 Å². The second-order valence-electron chi connectivity index (χ2n) is 4.75. The summed E-state index contributed by atoms with van der Waals surface area (Å²) in [5, 5.41) is 32.1. The van der Waals surface area contributed by atoms with Crippen LogP contribution in [-0.4, -0.2) is 20.7 Å². The summed E-state index contributed by atoms with van der Waals surface area (Å²) in [6.45, 7) is -0.257. The van der Waals surface area contributed by atoms with Crippen LogP contribution in [0.5, 0.6) is 0 Å². The summed E-state index contributed by atoms with van der Waals surface area (Å²) in [6, 6.07) is 7.66. The lowest BCUT2D eigenvalue weighted by atomic mass is 10.1. The third-order valence-corrected chi connectivity index (χ3v) is 3.08. The average Bonchev–Trinajstić information content (AvgIpc) is 2.59. The predicted molar refractivity (Wildman–Crippen MR) is 82.0 cm³/mol. The smallest absolute Gasteiger partial charge is 0.338 e. The molecule has 25 heavy (non-hydrogen) atoms. The number of benzene rings is 2. The molecule has 0 radical (unpaired) electrons. The standard InChI is InChI=1S/C14H9N3O8/c18-14(25-8-9-1-3-11(4-2-9)15(19)20)10-5-12(16(21)22)7-13(6-10)17(23)24/h1-7H,8H2. The van der Waals surface area contributed by atoms with Crippen molar-refractivity contribution < 1.29 is 24.3 Å². The van der Waals surface area contributed by atoms with Crippen molar-refractivity contribution in [1.82, 2.24) is 0 Å². The number of carbonyl (C=O) groups is 1. The molecular weight excluding hydrogens is 338 g/mol. The molecule has 0 amide bonds. The van der Waals surface area contributed by atoms with Gasteiger partial charge in [0.25, 0.3) is 17.1 Å². The van der Waals surface area contributed by atoms with Gasteiger partial charge in [-0.1, -0.05) is 0 Å². The van der Waals surface area contributed by atoms with E-state index in [9.17, 15) is 35.1 Å². The van der Waals surface area contributed by atoms with Crippen LogP contribution in [0, 0.1) is 30.3 Å². The summed E-state index contributed by atoms with van der Waals surface area (Å²) >= 11 is 0. The molecule has 0 unspecified atom stereocenters. The lowest BCUT2D eigenvalue weighted by Crippen LogP contribution is -2.07. The zero-order valence-corrected chi connectivity index (χ0v) is 12.4. The quantitative estimate of drug-likeness (QED) is 0.438. The Morgan fingerprint density at radius 2 is 1.28 bits per heavy atom. The van der Waals surface area contributed by atoms with Crippen molar-refractivity contribution in [3.8, 4) is 0 Å². The number of nitrogens with zero attached hydrogens (tertiary/aromatic N) is 3. The summed E-state index contributed by atoms with van der Waals surface area (Å²) in [6.07, 6.45) is 0. The van der Waals surface area contributed by atoms with Gasteiger partial charge in [-0.15, -0.1) is 0 Å². The second kappa shape index (κ2) is 7.12. The van der Waals surface area contributed by atoms with E-state index >= 15 is 0 Å². The molecule has 11 nitrogen and oxygen atoms in total. The molecule has 0 N–H and O–H groups in total. The number of esters is 1. The maximum absolute atomic E-state index is 12.0. The minimum atomic E-state index is -0.995. The zero-order valence-electron chi connectivity index (χ0n) is 12.4. The topological polar surface area (TPSA) is 156 Å². The molecule has 11 heteroatoms. The fraction of sp³-hybridized carbons (Fsp3) is 0.0714. The Kier molecular flexibility index (Phi) is 4.98. The van der Waals surface area contributed by atoms with Gasteiger partial charge in [-0.3, -0.25) is 30.3 Å². The molecule has 0 aliphatic heterocycles. The van der Waals surface area contributed by atoms with E-state index < -0.39 is 32.1 Å². The Balaban J connectivity index is 2.16. The van der Waals surface area contributed by atoms with Crippen LogP contribution in [0.2, 0.25) is 0 Å². The lowest BCUT2D eigenvalue weighted by Gasteiger charge is -2.05. The molecule has 128 valence electrons. The van der Waals surface area contributed by atoms with Gasteiger partial charge in [0.15, 0.2) is 0 Å². The first-order chi connectivity index (χ1) is 11.8. The second-order valence-corrected chi connectivity index (χ2v) is 4.75. The number of nitro benzene ring substituents is 3. The van der Waals surface area contributed by atoms with Gasteiger partial charge >= 0.3 is 5.97 Å². The van der Waals surface area contributed by atoms with Gasteiger partial charge in [0.2, 0.25) is 0 Å².